The summed E-state index contributed by atoms with van der Waals surface area (Å²) in [4.78, 5) is 0. The summed E-state index contributed by atoms with van der Waals surface area (Å²) < 4.78 is 0. The van der Waals surface area contributed by atoms with Crippen LogP contribution in [0.5, 0.6) is 0 Å². The summed E-state index contributed by atoms with van der Waals surface area (Å²) in [6.45, 7) is 9.77. The molecule has 0 heterocycles. The lowest BCUT2D eigenvalue weighted by atomic mass is 10.0. The molecular formula is C17H17N. The molecule has 90 valence electrons. The zero-order chi connectivity index (χ0) is 13.0. The highest BCUT2D eigenvalue weighted by molar-refractivity contribution is 5.78. The normalized spacial score (nSPS) is 9.83. The van der Waals surface area contributed by atoms with E-state index in [1.165, 1.54) is 5.56 Å². The van der Waals surface area contributed by atoms with Crippen molar-refractivity contribution >= 4 is 23.5 Å². The summed E-state index contributed by atoms with van der Waals surface area (Å²) in [5.41, 5.74) is 5.54. The van der Waals surface area contributed by atoms with E-state index in [4.69, 9.17) is 0 Å². The Kier molecular flexibility index (Phi) is 3.63. The lowest BCUT2D eigenvalue weighted by molar-refractivity contribution is 1.45. The van der Waals surface area contributed by atoms with Gasteiger partial charge in [0.15, 0.2) is 0 Å². The van der Waals surface area contributed by atoms with Crippen LogP contribution >= 0.6 is 0 Å². The zero-order valence-corrected chi connectivity index (χ0v) is 10.6. The van der Waals surface area contributed by atoms with E-state index in [0.717, 1.165) is 22.5 Å². The fraction of sp³-hybridized carbons (Fsp3) is 0.0588. The topological polar surface area (TPSA) is 12.0 Å². The molecule has 1 heteroatoms. The van der Waals surface area contributed by atoms with Crippen molar-refractivity contribution in [2.75, 3.05) is 5.32 Å². The largest absolute Gasteiger partial charge is 0.355 e. The van der Waals surface area contributed by atoms with Crippen LogP contribution in [0.3, 0.4) is 0 Å². The average molecular weight is 235 g/mol. The van der Waals surface area contributed by atoms with Gasteiger partial charge in [0.25, 0.3) is 0 Å². The first-order chi connectivity index (χ1) is 8.74. The van der Waals surface area contributed by atoms with Crippen LogP contribution in [0.15, 0.2) is 55.6 Å². The van der Waals surface area contributed by atoms with E-state index in [-0.39, 0.29) is 0 Å². The maximum Gasteiger partial charge on any atom is 0.0463 e. The first-order valence-corrected chi connectivity index (χ1v) is 5.96. The standard InChI is InChI=1S/C17H17N/c1-4-14-7-6-8-17(16(14)5-2)18-15-11-9-13(3)10-12-15/h4-12,18H,1-2H2,3H3. The molecule has 0 aliphatic carbocycles. The van der Waals surface area contributed by atoms with Crippen LogP contribution in [0, 0.1) is 6.92 Å². The summed E-state index contributed by atoms with van der Waals surface area (Å²) in [5, 5.41) is 3.41. The number of anilines is 2. The van der Waals surface area contributed by atoms with E-state index in [0.29, 0.717) is 0 Å². The minimum Gasteiger partial charge on any atom is -0.355 e. The second-order valence-electron chi connectivity index (χ2n) is 4.21. The second kappa shape index (κ2) is 5.37. The smallest absolute Gasteiger partial charge is 0.0463 e. The van der Waals surface area contributed by atoms with Gasteiger partial charge in [0.2, 0.25) is 0 Å². The van der Waals surface area contributed by atoms with E-state index < -0.39 is 0 Å². The molecule has 0 fully saturated rings. The highest BCUT2D eigenvalue weighted by Crippen LogP contribution is 2.25. The number of benzene rings is 2. The number of hydrogen-bond donors (Lipinski definition) is 1. The molecule has 1 nitrogen and oxygen atoms in total. The minimum absolute atomic E-state index is 1.05. The lowest BCUT2D eigenvalue weighted by Crippen LogP contribution is -1.94. The predicted octanol–water partition coefficient (Wildman–Crippen LogP) is 5.02. The fourth-order valence-electron chi connectivity index (χ4n) is 1.89. The predicted molar refractivity (Wildman–Crippen MR) is 81.1 cm³/mol. The Hall–Kier alpha value is -2.28. The third-order valence-electron chi connectivity index (χ3n) is 2.89. The molecule has 0 aromatic heterocycles. The second-order valence-corrected chi connectivity index (χ2v) is 4.21. The first-order valence-electron chi connectivity index (χ1n) is 5.96. The van der Waals surface area contributed by atoms with E-state index in [2.05, 4.69) is 49.7 Å². The quantitative estimate of drug-likeness (QED) is 0.784. The average Bonchev–Trinajstić information content (AvgIpc) is 2.41. The summed E-state index contributed by atoms with van der Waals surface area (Å²) in [6.07, 6.45) is 3.70. The van der Waals surface area contributed by atoms with Crippen LogP contribution in [0.4, 0.5) is 11.4 Å². The lowest BCUT2D eigenvalue weighted by Gasteiger charge is -2.12. The Morgan fingerprint density at radius 1 is 0.944 bits per heavy atom. The van der Waals surface area contributed by atoms with Gasteiger partial charge in [-0.2, -0.15) is 0 Å². The van der Waals surface area contributed by atoms with Crippen LogP contribution in [0.25, 0.3) is 12.2 Å². The molecule has 0 bridgehead atoms. The van der Waals surface area contributed by atoms with Gasteiger partial charge in [-0.1, -0.05) is 55.1 Å². The number of rotatable bonds is 4. The van der Waals surface area contributed by atoms with Crippen LogP contribution in [-0.4, -0.2) is 0 Å². The van der Waals surface area contributed by atoms with Crippen molar-refractivity contribution in [1.29, 1.82) is 0 Å². The van der Waals surface area contributed by atoms with Crippen molar-refractivity contribution < 1.29 is 0 Å². The van der Waals surface area contributed by atoms with E-state index >= 15 is 0 Å². The Labute approximate surface area is 108 Å². The van der Waals surface area contributed by atoms with Crippen molar-refractivity contribution in [3.05, 3.63) is 72.3 Å². The molecule has 2 rings (SSSR count). The van der Waals surface area contributed by atoms with Crippen molar-refractivity contribution in [3.8, 4) is 0 Å². The molecule has 0 saturated carbocycles. The Bertz CT molecular complexity index is 565. The van der Waals surface area contributed by atoms with Gasteiger partial charge < -0.3 is 5.32 Å². The van der Waals surface area contributed by atoms with E-state index in [9.17, 15) is 0 Å². The molecule has 0 unspecified atom stereocenters. The van der Waals surface area contributed by atoms with Gasteiger partial charge in [0.05, 0.1) is 0 Å². The Morgan fingerprint density at radius 3 is 2.28 bits per heavy atom. The Morgan fingerprint density at radius 2 is 1.67 bits per heavy atom. The molecule has 0 spiro atoms. The summed E-state index contributed by atoms with van der Waals surface area (Å²) >= 11 is 0. The van der Waals surface area contributed by atoms with Crippen LogP contribution in [0.1, 0.15) is 16.7 Å². The zero-order valence-electron chi connectivity index (χ0n) is 10.6. The van der Waals surface area contributed by atoms with Crippen molar-refractivity contribution in [1.82, 2.24) is 0 Å². The molecule has 18 heavy (non-hydrogen) atoms. The van der Waals surface area contributed by atoms with E-state index in [1.54, 1.807) is 0 Å². The number of nitrogens with one attached hydrogen (secondary N) is 1. The summed E-state index contributed by atoms with van der Waals surface area (Å²) in [5.74, 6) is 0. The monoisotopic (exact) mass is 235 g/mol. The number of aryl methyl sites for hydroxylation is 1. The van der Waals surface area contributed by atoms with Crippen LogP contribution < -0.4 is 5.32 Å². The molecule has 0 aliphatic rings. The minimum atomic E-state index is 1.05. The summed E-state index contributed by atoms with van der Waals surface area (Å²) in [6, 6.07) is 14.4. The highest BCUT2D eigenvalue weighted by atomic mass is 14.9. The van der Waals surface area contributed by atoms with Crippen molar-refractivity contribution in [3.63, 3.8) is 0 Å². The van der Waals surface area contributed by atoms with Gasteiger partial charge in [0, 0.05) is 16.9 Å². The molecule has 1 N–H and O–H groups in total. The molecule has 2 aromatic carbocycles. The van der Waals surface area contributed by atoms with Gasteiger partial charge in [-0.15, -0.1) is 0 Å². The third-order valence-corrected chi connectivity index (χ3v) is 2.89. The van der Waals surface area contributed by atoms with Crippen molar-refractivity contribution in [2.45, 2.75) is 6.92 Å². The SMILES string of the molecule is C=Cc1cccc(Nc2ccc(C)cc2)c1C=C. The fourth-order valence-corrected chi connectivity index (χ4v) is 1.89. The third kappa shape index (κ3) is 2.51. The van der Waals surface area contributed by atoms with Gasteiger partial charge in [-0.3, -0.25) is 0 Å². The van der Waals surface area contributed by atoms with Gasteiger partial charge in [0.1, 0.15) is 0 Å². The summed E-state index contributed by atoms with van der Waals surface area (Å²) in [7, 11) is 0. The van der Waals surface area contributed by atoms with Crippen LogP contribution in [0.2, 0.25) is 0 Å². The molecule has 0 aliphatic heterocycles. The van der Waals surface area contributed by atoms with Gasteiger partial charge >= 0.3 is 0 Å². The molecule has 0 amide bonds. The molecule has 0 radical (unpaired) electrons. The molecule has 0 saturated heterocycles. The first kappa shape index (κ1) is 12.2. The molecule has 2 aromatic rings. The van der Waals surface area contributed by atoms with Crippen molar-refractivity contribution in [2.24, 2.45) is 0 Å². The maximum atomic E-state index is 3.87. The van der Waals surface area contributed by atoms with E-state index in [1.807, 2.05) is 30.4 Å². The van der Waals surface area contributed by atoms with Crippen LogP contribution in [-0.2, 0) is 0 Å². The highest BCUT2D eigenvalue weighted by Gasteiger charge is 2.03. The molecule has 0 atom stereocenters. The van der Waals surface area contributed by atoms with Gasteiger partial charge in [-0.25, -0.2) is 0 Å². The molecular weight excluding hydrogens is 218 g/mol. The Balaban J connectivity index is 2.36. The van der Waals surface area contributed by atoms with Gasteiger partial charge in [-0.05, 0) is 30.7 Å². The maximum absolute atomic E-state index is 3.87. The number of hydrogen-bond acceptors (Lipinski definition) is 1.